The van der Waals surface area contributed by atoms with Crippen molar-refractivity contribution in [1.29, 1.82) is 0 Å². The van der Waals surface area contributed by atoms with E-state index in [0.717, 1.165) is 37.9 Å². The van der Waals surface area contributed by atoms with E-state index in [1.807, 2.05) is 6.07 Å². The molecule has 16 heavy (non-hydrogen) atoms. The third-order valence-electron chi connectivity index (χ3n) is 3.17. The van der Waals surface area contributed by atoms with Crippen LogP contribution in [0.1, 0.15) is 24.3 Å². The van der Waals surface area contributed by atoms with Crippen molar-refractivity contribution in [2.24, 2.45) is 0 Å². The number of nitrogens with zero attached hydrogens (tertiary/aromatic N) is 2. The molecule has 0 aromatic carbocycles. The largest absolute Gasteiger partial charge is 0.396 e. The monoisotopic (exact) mass is 220 g/mol. The van der Waals surface area contributed by atoms with Gasteiger partial charge in [0.2, 0.25) is 6.41 Å². The summed E-state index contributed by atoms with van der Waals surface area (Å²) in [6.45, 7) is 1.58. The van der Waals surface area contributed by atoms with Gasteiger partial charge in [-0.2, -0.15) is 0 Å². The summed E-state index contributed by atoms with van der Waals surface area (Å²) in [5, 5.41) is 0. The van der Waals surface area contributed by atoms with Gasteiger partial charge in [-0.15, -0.1) is 0 Å². The summed E-state index contributed by atoms with van der Waals surface area (Å²) in [7, 11) is 0. The van der Waals surface area contributed by atoms with E-state index in [1.54, 1.807) is 11.1 Å². The number of amides is 1. The van der Waals surface area contributed by atoms with Crippen LogP contribution in [0.25, 0.3) is 0 Å². The molecule has 2 rings (SSSR count). The average molecular weight is 220 g/mol. The molecule has 1 aromatic heterocycles. The van der Waals surface area contributed by atoms with Crippen molar-refractivity contribution in [2.45, 2.75) is 18.8 Å². The van der Waals surface area contributed by atoms with Gasteiger partial charge in [-0.1, -0.05) is 0 Å². The summed E-state index contributed by atoms with van der Waals surface area (Å²) in [5.74, 6) is 0.789. The lowest BCUT2D eigenvalue weighted by atomic mass is 9.89. The van der Waals surface area contributed by atoms with Crippen molar-refractivity contribution in [1.82, 2.24) is 9.88 Å². The smallest absolute Gasteiger partial charge is 0.209 e. The first-order valence-electron chi connectivity index (χ1n) is 5.41. The molecule has 1 amide bonds. The molecule has 0 atom stereocenters. The van der Waals surface area contributed by atoms with Gasteiger partial charge in [0.05, 0.1) is 5.69 Å². The van der Waals surface area contributed by atoms with Gasteiger partial charge in [0.1, 0.15) is 5.82 Å². The van der Waals surface area contributed by atoms with E-state index < -0.39 is 0 Å². The Balaban J connectivity index is 2.14. The molecule has 0 saturated carbocycles. The summed E-state index contributed by atoms with van der Waals surface area (Å²) >= 11 is 0. The molecule has 1 aromatic rings. The molecule has 1 aliphatic rings. The fourth-order valence-electron chi connectivity index (χ4n) is 2.18. The molecule has 0 unspecified atom stereocenters. The Morgan fingerprint density at radius 1 is 1.38 bits per heavy atom. The first kappa shape index (κ1) is 10.7. The Kier molecular flexibility index (Phi) is 2.94. The number of hydrogen-bond donors (Lipinski definition) is 2. The summed E-state index contributed by atoms with van der Waals surface area (Å²) in [6, 6.07) is 1.92. The summed E-state index contributed by atoms with van der Waals surface area (Å²) in [4.78, 5) is 16.3. The summed E-state index contributed by atoms with van der Waals surface area (Å²) < 4.78 is 0. The van der Waals surface area contributed by atoms with Crippen molar-refractivity contribution in [3.8, 4) is 0 Å². The van der Waals surface area contributed by atoms with E-state index in [2.05, 4.69) is 4.98 Å². The van der Waals surface area contributed by atoms with Crippen LogP contribution in [0.2, 0.25) is 0 Å². The van der Waals surface area contributed by atoms with Gasteiger partial charge in [0.15, 0.2) is 0 Å². The number of carbonyl (C=O) groups is 1. The number of pyridine rings is 1. The van der Waals surface area contributed by atoms with E-state index >= 15 is 0 Å². The molecule has 4 N–H and O–H groups in total. The van der Waals surface area contributed by atoms with Crippen LogP contribution in [0.4, 0.5) is 11.5 Å². The molecule has 5 heteroatoms. The van der Waals surface area contributed by atoms with Crippen LogP contribution in [0.5, 0.6) is 0 Å². The molecule has 5 nitrogen and oxygen atoms in total. The number of hydrogen-bond acceptors (Lipinski definition) is 4. The molecule has 0 bridgehead atoms. The highest BCUT2D eigenvalue weighted by Gasteiger charge is 2.21. The molecule has 1 aliphatic heterocycles. The first-order chi connectivity index (χ1) is 7.72. The number of aromatic nitrogens is 1. The number of likely N-dealkylation sites (tertiary alicyclic amines) is 1. The highest BCUT2D eigenvalue weighted by Crippen LogP contribution is 2.32. The van der Waals surface area contributed by atoms with Crippen LogP contribution in [0.15, 0.2) is 12.3 Å². The maximum atomic E-state index is 10.6. The SMILES string of the molecule is Nc1nccc(C2CCN(C=O)CC2)c1N. The van der Waals surface area contributed by atoms with Crippen molar-refractivity contribution >= 4 is 17.9 Å². The van der Waals surface area contributed by atoms with Gasteiger partial charge in [0, 0.05) is 19.3 Å². The normalized spacial score (nSPS) is 17.4. The van der Waals surface area contributed by atoms with Crippen LogP contribution < -0.4 is 11.5 Å². The van der Waals surface area contributed by atoms with Crippen LogP contribution >= 0.6 is 0 Å². The van der Waals surface area contributed by atoms with E-state index in [1.165, 1.54) is 0 Å². The predicted molar refractivity (Wildman–Crippen MR) is 62.7 cm³/mol. The lowest BCUT2D eigenvalue weighted by molar-refractivity contribution is -0.119. The van der Waals surface area contributed by atoms with Gasteiger partial charge in [-0.25, -0.2) is 4.98 Å². The number of carbonyl (C=O) groups excluding carboxylic acids is 1. The van der Waals surface area contributed by atoms with Crippen LogP contribution in [-0.4, -0.2) is 29.4 Å². The third-order valence-corrected chi connectivity index (χ3v) is 3.17. The quantitative estimate of drug-likeness (QED) is 0.714. The van der Waals surface area contributed by atoms with E-state index in [-0.39, 0.29) is 0 Å². The highest BCUT2D eigenvalue weighted by molar-refractivity contribution is 5.63. The van der Waals surface area contributed by atoms with Gasteiger partial charge >= 0.3 is 0 Å². The second kappa shape index (κ2) is 4.38. The summed E-state index contributed by atoms with van der Waals surface area (Å²) in [5.41, 5.74) is 13.2. The first-order valence-corrected chi connectivity index (χ1v) is 5.41. The van der Waals surface area contributed by atoms with Crippen molar-refractivity contribution in [3.63, 3.8) is 0 Å². The molecule has 86 valence electrons. The molecule has 1 saturated heterocycles. The van der Waals surface area contributed by atoms with E-state index in [9.17, 15) is 4.79 Å². The standard InChI is InChI=1S/C11H16N4O/c12-10-9(1-4-14-11(10)13)8-2-5-15(7-16)6-3-8/h1,4,7-8H,2-3,5-6,12H2,(H2,13,14). The zero-order valence-electron chi connectivity index (χ0n) is 9.10. The number of nitrogens with two attached hydrogens (primary N) is 2. The molecular formula is C11H16N4O. The lowest BCUT2D eigenvalue weighted by Gasteiger charge is -2.30. The molecule has 0 spiro atoms. The number of rotatable bonds is 2. The fourth-order valence-corrected chi connectivity index (χ4v) is 2.18. The van der Waals surface area contributed by atoms with Crippen LogP contribution in [0.3, 0.4) is 0 Å². The second-order valence-electron chi connectivity index (χ2n) is 4.11. The number of anilines is 2. The van der Waals surface area contributed by atoms with Crippen molar-refractivity contribution < 1.29 is 4.79 Å². The minimum atomic E-state index is 0.390. The zero-order chi connectivity index (χ0) is 11.5. The van der Waals surface area contributed by atoms with Crippen LogP contribution in [0, 0.1) is 0 Å². The minimum Gasteiger partial charge on any atom is -0.396 e. The topological polar surface area (TPSA) is 85.2 Å². The van der Waals surface area contributed by atoms with Crippen LogP contribution in [-0.2, 0) is 4.79 Å². The molecule has 1 fully saturated rings. The number of nitrogen functional groups attached to an aromatic ring is 2. The maximum absolute atomic E-state index is 10.6. The fraction of sp³-hybridized carbons (Fsp3) is 0.455. The Morgan fingerprint density at radius 2 is 2.06 bits per heavy atom. The minimum absolute atomic E-state index is 0.390. The van der Waals surface area contributed by atoms with E-state index in [0.29, 0.717) is 17.4 Å². The van der Waals surface area contributed by atoms with Gasteiger partial charge < -0.3 is 16.4 Å². The summed E-state index contributed by atoms with van der Waals surface area (Å²) in [6.07, 6.45) is 4.46. The maximum Gasteiger partial charge on any atom is 0.209 e. The Hall–Kier alpha value is -1.78. The van der Waals surface area contributed by atoms with Crippen molar-refractivity contribution in [2.75, 3.05) is 24.6 Å². The molecule has 2 heterocycles. The second-order valence-corrected chi connectivity index (χ2v) is 4.11. The Bertz CT molecular complexity index is 386. The Labute approximate surface area is 94.4 Å². The van der Waals surface area contributed by atoms with Gasteiger partial charge in [-0.05, 0) is 30.4 Å². The Morgan fingerprint density at radius 3 is 2.69 bits per heavy atom. The molecular weight excluding hydrogens is 204 g/mol. The highest BCUT2D eigenvalue weighted by atomic mass is 16.1. The van der Waals surface area contributed by atoms with E-state index in [4.69, 9.17) is 11.5 Å². The molecule has 0 aliphatic carbocycles. The third kappa shape index (κ3) is 1.93. The average Bonchev–Trinajstić information content (AvgIpc) is 2.33. The zero-order valence-corrected chi connectivity index (χ0v) is 9.10. The lowest BCUT2D eigenvalue weighted by Crippen LogP contribution is -2.31. The predicted octanol–water partition coefficient (Wildman–Crippen LogP) is 0.582. The van der Waals surface area contributed by atoms with Crippen molar-refractivity contribution in [3.05, 3.63) is 17.8 Å². The number of piperidine rings is 1. The van der Waals surface area contributed by atoms with Gasteiger partial charge in [-0.3, -0.25) is 4.79 Å². The molecule has 0 radical (unpaired) electrons. The van der Waals surface area contributed by atoms with Gasteiger partial charge in [0.25, 0.3) is 0 Å².